The second kappa shape index (κ2) is 15.5. The van der Waals surface area contributed by atoms with Gasteiger partial charge in [0.1, 0.15) is 5.82 Å². The smallest absolute Gasteiger partial charge is 0.162 e. The third-order valence-corrected chi connectivity index (χ3v) is 12.9. The van der Waals surface area contributed by atoms with Crippen molar-refractivity contribution in [3.8, 4) is 40.2 Å². The third kappa shape index (κ3) is 6.15. The summed E-state index contributed by atoms with van der Waals surface area (Å²) in [5.41, 5.74) is 12.5. The fourth-order valence-electron chi connectivity index (χ4n) is 10.1. The Morgan fingerprint density at radius 1 is 0.369 bits per heavy atom. The number of nitrogens with zero attached hydrogens (tertiary/aromatic N) is 5. The molecule has 12 aromatic rings. The van der Waals surface area contributed by atoms with Crippen LogP contribution in [0.15, 0.2) is 237 Å². The van der Waals surface area contributed by atoms with Crippen LogP contribution < -0.4 is 0 Å². The van der Waals surface area contributed by atoms with Gasteiger partial charge >= 0.3 is 0 Å². The van der Waals surface area contributed by atoms with Crippen LogP contribution in [0.1, 0.15) is 27.8 Å². The van der Waals surface area contributed by atoms with Gasteiger partial charge in [0.25, 0.3) is 0 Å². The fraction of sp³-hybridized carbons (Fsp3) is 0.0167. The summed E-state index contributed by atoms with van der Waals surface area (Å²) in [7, 11) is 0. The molecular formula is C60H39N5. The molecule has 0 aliphatic rings. The first-order chi connectivity index (χ1) is 32.2. The lowest BCUT2D eigenvalue weighted by Crippen LogP contribution is -2.31. The highest BCUT2D eigenvalue weighted by atomic mass is 15.1. The molecule has 0 saturated heterocycles. The Hall–Kier alpha value is -8.85. The molecule has 65 heavy (non-hydrogen) atoms. The molecule has 5 nitrogen and oxygen atoms in total. The van der Waals surface area contributed by atoms with Gasteiger partial charge in [-0.25, -0.2) is 9.97 Å². The first kappa shape index (κ1) is 37.9. The Labute approximate surface area is 376 Å². The zero-order valence-corrected chi connectivity index (χ0v) is 35.3. The van der Waals surface area contributed by atoms with Crippen molar-refractivity contribution < 1.29 is 0 Å². The fourth-order valence-corrected chi connectivity index (χ4v) is 10.1. The van der Waals surface area contributed by atoms with Crippen LogP contribution in [0.2, 0.25) is 0 Å². The van der Waals surface area contributed by atoms with Crippen molar-refractivity contribution in [2.24, 2.45) is 0 Å². The minimum atomic E-state index is -0.641. The lowest BCUT2D eigenvalue weighted by Gasteiger charge is -2.37. The van der Waals surface area contributed by atoms with E-state index in [1.165, 1.54) is 16.7 Å². The largest absolute Gasteiger partial charge is 0.309 e. The van der Waals surface area contributed by atoms with Crippen molar-refractivity contribution in [1.82, 2.24) is 19.1 Å². The van der Waals surface area contributed by atoms with Crippen molar-refractivity contribution in [3.05, 3.63) is 264 Å². The quantitative estimate of drug-likeness (QED) is 0.143. The van der Waals surface area contributed by atoms with Gasteiger partial charge in [-0.2, -0.15) is 5.26 Å². The molecule has 3 heterocycles. The van der Waals surface area contributed by atoms with E-state index in [0.717, 1.165) is 77.5 Å². The van der Waals surface area contributed by atoms with Crippen LogP contribution >= 0.6 is 0 Å². The number of hydrogen-bond acceptors (Lipinski definition) is 3. The summed E-state index contributed by atoms with van der Waals surface area (Å²) < 4.78 is 4.56. The van der Waals surface area contributed by atoms with E-state index >= 15 is 0 Å². The summed E-state index contributed by atoms with van der Waals surface area (Å²) in [4.78, 5) is 11.0. The normalized spacial score (nSPS) is 11.7. The second-order valence-electron chi connectivity index (χ2n) is 16.5. The molecule has 0 amide bonds. The summed E-state index contributed by atoms with van der Waals surface area (Å²) in [6.45, 7) is 0. The van der Waals surface area contributed by atoms with Gasteiger partial charge in [0.2, 0.25) is 0 Å². The highest BCUT2D eigenvalue weighted by molar-refractivity contribution is 6.10. The van der Waals surface area contributed by atoms with E-state index in [1.54, 1.807) is 0 Å². The molecule has 0 fully saturated rings. The molecule has 0 N–H and O–H groups in total. The van der Waals surface area contributed by atoms with Gasteiger partial charge < -0.3 is 4.57 Å². The number of hydrogen-bond donors (Lipinski definition) is 0. The zero-order chi connectivity index (χ0) is 43.3. The van der Waals surface area contributed by atoms with E-state index in [9.17, 15) is 5.26 Å². The summed E-state index contributed by atoms with van der Waals surface area (Å²) in [5, 5.41) is 14.3. The number of para-hydroxylation sites is 3. The SMILES string of the molecule is N#Cc1ccc2c(c1)c1ccccc1n2-c1cccc(-c2cc(-n3c4ccccc4c4ccccc43)nc(-c3cccc(C(c4ccccc4)(c4ccccc4)c4ccccc4)c3)n2)c1. The number of fused-ring (bicyclic) bond motifs is 6. The van der Waals surface area contributed by atoms with Gasteiger partial charge in [-0.3, -0.25) is 4.57 Å². The molecule has 0 bridgehead atoms. The average Bonchev–Trinajstić information content (AvgIpc) is 3.90. The predicted molar refractivity (Wildman–Crippen MR) is 265 cm³/mol. The standard InChI is InChI=1S/C60H39N5/c61-40-41-34-35-57-52(36-41)51-30-12-13-31-54(51)64(57)48-27-17-18-42(38-48)53-39-58(65-55-32-14-10-28-49(55)50-29-11-15-33-56(50)65)63-59(62-53)43-19-16-26-47(37-43)60(44-20-4-1-5-21-44,45-22-6-2-7-23-45)46-24-8-3-9-25-46/h1-39H. The maximum atomic E-state index is 9.81. The van der Waals surface area contributed by atoms with Crippen molar-refractivity contribution in [3.63, 3.8) is 0 Å². The van der Waals surface area contributed by atoms with Crippen molar-refractivity contribution >= 4 is 43.6 Å². The molecule has 0 atom stereocenters. The monoisotopic (exact) mass is 829 g/mol. The molecule has 0 radical (unpaired) electrons. The van der Waals surface area contributed by atoms with E-state index in [-0.39, 0.29) is 0 Å². The van der Waals surface area contributed by atoms with Crippen LogP contribution in [0.25, 0.3) is 77.8 Å². The first-order valence-corrected chi connectivity index (χ1v) is 21.9. The zero-order valence-electron chi connectivity index (χ0n) is 35.3. The van der Waals surface area contributed by atoms with E-state index < -0.39 is 5.41 Å². The topological polar surface area (TPSA) is 59.4 Å². The molecule has 0 unspecified atom stereocenters. The Morgan fingerprint density at radius 2 is 0.862 bits per heavy atom. The van der Waals surface area contributed by atoms with Gasteiger partial charge in [-0.05, 0) is 76.9 Å². The van der Waals surface area contributed by atoms with Crippen molar-refractivity contribution in [2.45, 2.75) is 5.41 Å². The lowest BCUT2D eigenvalue weighted by atomic mass is 9.65. The van der Waals surface area contributed by atoms with E-state index in [0.29, 0.717) is 11.4 Å². The molecule has 12 rings (SSSR count). The summed E-state index contributed by atoms with van der Waals surface area (Å²) in [6, 6.07) is 85.7. The second-order valence-corrected chi connectivity index (χ2v) is 16.5. The lowest BCUT2D eigenvalue weighted by molar-refractivity contribution is 0.745. The molecule has 9 aromatic carbocycles. The summed E-state index contributed by atoms with van der Waals surface area (Å²) >= 11 is 0. The average molecular weight is 830 g/mol. The third-order valence-electron chi connectivity index (χ3n) is 12.9. The number of aromatic nitrogens is 4. The highest BCUT2D eigenvalue weighted by Gasteiger charge is 2.38. The minimum absolute atomic E-state index is 0.621. The van der Waals surface area contributed by atoms with Crippen molar-refractivity contribution in [2.75, 3.05) is 0 Å². The molecule has 3 aromatic heterocycles. The van der Waals surface area contributed by atoms with Crippen molar-refractivity contribution in [1.29, 1.82) is 5.26 Å². The Kier molecular flexibility index (Phi) is 9.03. The number of benzene rings is 9. The van der Waals surface area contributed by atoms with Crippen LogP contribution in [0, 0.1) is 11.3 Å². The van der Waals surface area contributed by atoms with Gasteiger partial charge in [-0.15, -0.1) is 0 Å². The molecule has 0 spiro atoms. The molecular weight excluding hydrogens is 791 g/mol. The first-order valence-electron chi connectivity index (χ1n) is 21.9. The van der Waals surface area contributed by atoms with E-state index in [4.69, 9.17) is 9.97 Å². The van der Waals surface area contributed by atoms with Crippen LogP contribution in [0.3, 0.4) is 0 Å². The molecule has 304 valence electrons. The Balaban J connectivity index is 1.11. The molecule has 5 heteroatoms. The van der Waals surface area contributed by atoms with E-state index in [2.05, 4.69) is 240 Å². The Bertz CT molecular complexity index is 3630. The number of nitriles is 1. The van der Waals surface area contributed by atoms with Crippen LogP contribution in [0.5, 0.6) is 0 Å². The Morgan fingerprint density at radius 3 is 1.46 bits per heavy atom. The molecule has 0 aliphatic carbocycles. The van der Waals surface area contributed by atoms with Crippen LogP contribution in [0.4, 0.5) is 0 Å². The van der Waals surface area contributed by atoms with Crippen LogP contribution in [-0.2, 0) is 5.41 Å². The van der Waals surface area contributed by atoms with Gasteiger partial charge in [0.15, 0.2) is 5.82 Å². The molecule has 0 saturated carbocycles. The molecule has 0 aliphatic heterocycles. The minimum Gasteiger partial charge on any atom is -0.309 e. The van der Waals surface area contributed by atoms with Gasteiger partial charge in [-0.1, -0.05) is 176 Å². The maximum absolute atomic E-state index is 9.81. The maximum Gasteiger partial charge on any atom is 0.162 e. The predicted octanol–water partition coefficient (Wildman–Crippen LogP) is 14.3. The number of rotatable bonds is 8. The van der Waals surface area contributed by atoms with Crippen LogP contribution in [-0.4, -0.2) is 19.1 Å². The highest BCUT2D eigenvalue weighted by Crippen LogP contribution is 2.46. The van der Waals surface area contributed by atoms with Gasteiger partial charge in [0, 0.05) is 44.4 Å². The van der Waals surface area contributed by atoms with Gasteiger partial charge in [0.05, 0.1) is 44.8 Å². The summed E-state index contributed by atoms with van der Waals surface area (Å²) in [6.07, 6.45) is 0. The summed E-state index contributed by atoms with van der Waals surface area (Å²) in [5.74, 6) is 1.40. The van der Waals surface area contributed by atoms with E-state index in [1.807, 2.05) is 12.1 Å².